The van der Waals surface area contributed by atoms with E-state index in [0.717, 1.165) is 22.0 Å². The lowest BCUT2D eigenvalue weighted by Gasteiger charge is -2.25. The van der Waals surface area contributed by atoms with E-state index in [1.807, 2.05) is 27.8 Å². The molecule has 0 aliphatic rings. The van der Waals surface area contributed by atoms with Gasteiger partial charge in [0.25, 0.3) is 5.91 Å². The Morgan fingerprint density at radius 2 is 1.76 bits per heavy atom. The fourth-order valence-corrected chi connectivity index (χ4v) is 2.43. The van der Waals surface area contributed by atoms with Crippen LogP contribution in [-0.4, -0.2) is 29.2 Å². The molecule has 17 heavy (non-hydrogen) atoms. The molecule has 0 fully saturated rings. The summed E-state index contributed by atoms with van der Waals surface area (Å²) in [4.78, 5) is 14.2. The van der Waals surface area contributed by atoms with Crippen LogP contribution >= 0.6 is 15.9 Å². The van der Waals surface area contributed by atoms with Crippen LogP contribution in [0.2, 0.25) is 0 Å². The summed E-state index contributed by atoms with van der Waals surface area (Å²) in [5.41, 5.74) is 4.15. The number of carbonyl (C=O) groups is 1. The minimum atomic E-state index is 0.104. The van der Waals surface area contributed by atoms with Crippen LogP contribution in [0, 0.1) is 20.8 Å². The van der Waals surface area contributed by atoms with Crippen molar-refractivity contribution in [2.45, 2.75) is 33.7 Å². The van der Waals surface area contributed by atoms with Crippen molar-refractivity contribution in [3.63, 3.8) is 0 Å². The van der Waals surface area contributed by atoms with Gasteiger partial charge in [0, 0.05) is 24.0 Å². The van der Waals surface area contributed by atoms with Crippen LogP contribution in [0.4, 0.5) is 0 Å². The van der Waals surface area contributed by atoms with Gasteiger partial charge in [-0.2, -0.15) is 0 Å². The minimum Gasteiger partial charge on any atom is -0.338 e. The Balaban J connectivity index is 3.13. The monoisotopic (exact) mass is 297 g/mol. The number of halogens is 1. The first-order chi connectivity index (χ1) is 7.88. The topological polar surface area (TPSA) is 20.3 Å². The zero-order valence-corrected chi connectivity index (χ0v) is 12.8. The van der Waals surface area contributed by atoms with Crippen LogP contribution in [0.3, 0.4) is 0 Å². The number of benzene rings is 1. The SMILES string of the molecule is Cc1cc(C)c(C(=O)N(C)C(C)CBr)c(C)c1. The van der Waals surface area contributed by atoms with E-state index in [0.29, 0.717) is 0 Å². The van der Waals surface area contributed by atoms with Crippen LogP contribution in [0.25, 0.3) is 0 Å². The van der Waals surface area contributed by atoms with Crippen LogP contribution in [0.1, 0.15) is 34.0 Å². The first kappa shape index (κ1) is 14.2. The van der Waals surface area contributed by atoms with Crippen LogP contribution in [0.15, 0.2) is 12.1 Å². The normalized spacial score (nSPS) is 12.4. The second-order valence-electron chi connectivity index (χ2n) is 4.69. The van der Waals surface area contributed by atoms with Gasteiger partial charge in [0.15, 0.2) is 0 Å². The number of amides is 1. The second kappa shape index (κ2) is 5.67. The number of hydrogen-bond acceptors (Lipinski definition) is 1. The van der Waals surface area contributed by atoms with Gasteiger partial charge in [-0.15, -0.1) is 0 Å². The van der Waals surface area contributed by atoms with Crippen LogP contribution in [0.5, 0.6) is 0 Å². The third-order valence-electron chi connectivity index (χ3n) is 3.10. The summed E-state index contributed by atoms with van der Waals surface area (Å²) in [6.45, 7) is 8.09. The summed E-state index contributed by atoms with van der Waals surface area (Å²) in [7, 11) is 1.85. The van der Waals surface area contributed by atoms with Gasteiger partial charge in [0.2, 0.25) is 0 Å². The summed E-state index contributed by atoms with van der Waals surface area (Å²) >= 11 is 3.41. The van der Waals surface area contributed by atoms with Crippen LogP contribution < -0.4 is 0 Å². The largest absolute Gasteiger partial charge is 0.338 e. The fraction of sp³-hybridized carbons (Fsp3) is 0.500. The zero-order chi connectivity index (χ0) is 13.2. The number of carbonyl (C=O) groups excluding carboxylic acids is 1. The summed E-state index contributed by atoms with van der Waals surface area (Å²) in [5.74, 6) is 0.104. The van der Waals surface area contributed by atoms with Crippen molar-refractivity contribution in [1.29, 1.82) is 0 Å². The number of aryl methyl sites for hydroxylation is 3. The van der Waals surface area contributed by atoms with Crippen molar-refractivity contribution in [3.8, 4) is 0 Å². The van der Waals surface area contributed by atoms with E-state index >= 15 is 0 Å². The Labute approximate surface area is 112 Å². The van der Waals surface area contributed by atoms with Gasteiger partial charge in [-0.25, -0.2) is 0 Å². The molecule has 1 aromatic carbocycles. The van der Waals surface area contributed by atoms with E-state index in [4.69, 9.17) is 0 Å². The summed E-state index contributed by atoms with van der Waals surface area (Å²) < 4.78 is 0. The van der Waals surface area contributed by atoms with Gasteiger partial charge in [-0.05, 0) is 38.8 Å². The number of rotatable bonds is 3. The predicted molar refractivity (Wildman–Crippen MR) is 76.0 cm³/mol. The quantitative estimate of drug-likeness (QED) is 0.783. The maximum Gasteiger partial charge on any atom is 0.254 e. The smallest absolute Gasteiger partial charge is 0.254 e. The van der Waals surface area contributed by atoms with Gasteiger partial charge in [0.1, 0.15) is 0 Å². The highest BCUT2D eigenvalue weighted by atomic mass is 79.9. The molecule has 0 aliphatic heterocycles. The molecule has 1 unspecified atom stereocenters. The Bertz CT molecular complexity index is 405. The molecule has 2 nitrogen and oxygen atoms in total. The highest BCUT2D eigenvalue weighted by Crippen LogP contribution is 2.19. The Morgan fingerprint density at radius 1 is 1.29 bits per heavy atom. The standard InChI is InChI=1S/C14H20BrNO/c1-9-6-10(2)13(11(3)7-9)14(17)16(5)12(4)8-15/h6-7,12H,8H2,1-5H3. The summed E-state index contributed by atoms with van der Waals surface area (Å²) in [6, 6.07) is 4.32. The molecule has 94 valence electrons. The number of nitrogens with zero attached hydrogens (tertiary/aromatic N) is 1. The highest BCUT2D eigenvalue weighted by molar-refractivity contribution is 9.09. The van der Waals surface area contributed by atoms with E-state index in [1.54, 1.807) is 4.90 Å². The van der Waals surface area contributed by atoms with E-state index in [2.05, 4.69) is 35.0 Å². The van der Waals surface area contributed by atoms with Gasteiger partial charge in [-0.1, -0.05) is 33.6 Å². The summed E-state index contributed by atoms with van der Waals surface area (Å²) in [5, 5.41) is 0.791. The predicted octanol–water partition coefficient (Wildman–Crippen LogP) is 3.47. The first-order valence-electron chi connectivity index (χ1n) is 5.79. The molecule has 1 atom stereocenters. The average molecular weight is 298 g/mol. The third kappa shape index (κ3) is 3.09. The fourth-order valence-electron chi connectivity index (χ4n) is 2.00. The highest BCUT2D eigenvalue weighted by Gasteiger charge is 2.20. The lowest BCUT2D eigenvalue weighted by atomic mass is 9.98. The van der Waals surface area contributed by atoms with Gasteiger partial charge in [0.05, 0.1) is 0 Å². The van der Waals surface area contributed by atoms with Gasteiger partial charge in [-0.3, -0.25) is 4.79 Å². The molecule has 0 bridgehead atoms. The van der Waals surface area contributed by atoms with Crippen molar-refractivity contribution in [2.75, 3.05) is 12.4 Å². The van der Waals surface area contributed by atoms with Crippen LogP contribution in [-0.2, 0) is 0 Å². The van der Waals surface area contributed by atoms with Crippen molar-refractivity contribution in [2.24, 2.45) is 0 Å². The Kier molecular flexibility index (Phi) is 4.75. The molecule has 0 saturated heterocycles. The van der Waals surface area contributed by atoms with E-state index < -0.39 is 0 Å². The number of hydrogen-bond donors (Lipinski definition) is 0. The molecule has 1 amide bonds. The third-order valence-corrected chi connectivity index (χ3v) is 4.03. The first-order valence-corrected chi connectivity index (χ1v) is 6.91. The summed E-state index contributed by atoms with van der Waals surface area (Å²) in [6.07, 6.45) is 0. The lowest BCUT2D eigenvalue weighted by Crippen LogP contribution is -2.36. The average Bonchev–Trinajstić information content (AvgIpc) is 2.25. The molecule has 1 aromatic rings. The Morgan fingerprint density at radius 3 is 2.18 bits per heavy atom. The van der Waals surface area contributed by atoms with Gasteiger partial charge < -0.3 is 4.90 Å². The Hall–Kier alpha value is -0.830. The van der Waals surface area contributed by atoms with Crippen molar-refractivity contribution >= 4 is 21.8 Å². The molecule has 0 radical (unpaired) electrons. The van der Waals surface area contributed by atoms with Crippen molar-refractivity contribution in [1.82, 2.24) is 4.90 Å². The molecule has 0 aliphatic carbocycles. The lowest BCUT2D eigenvalue weighted by molar-refractivity contribution is 0.0756. The van der Waals surface area contributed by atoms with Gasteiger partial charge >= 0.3 is 0 Å². The molecule has 0 aromatic heterocycles. The molecule has 0 saturated carbocycles. The maximum atomic E-state index is 12.4. The van der Waals surface area contributed by atoms with E-state index in [9.17, 15) is 4.79 Å². The molecule has 0 spiro atoms. The number of alkyl halides is 1. The van der Waals surface area contributed by atoms with E-state index in [1.165, 1.54) is 5.56 Å². The second-order valence-corrected chi connectivity index (χ2v) is 5.34. The van der Waals surface area contributed by atoms with Crippen molar-refractivity contribution in [3.05, 3.63) is 34.4 Å². The molecular formula is C14H20BrNO. The molecule has 1 rings (SSSR count). The van der Waals surface area contributed by atoms with Crippen molar-refractivity contribution < 1.29 is 4.79 Å². The van der Waals surface area contributed by atoms with E-state index in [-0.39, 0.29) is 11.9 Å². The maximum absolute atomic E-state index is 12.4. The molecule has 0 N–H and O–H groups in total. The molecule has 3 heteroatoms. The zero-order valence-electron chi connectivity index (χ0n) is 11.2. The minimum absolute atomic E-state index is 0.104. The molecule has 0 heterocycles. The molecular weight excluding hydrogens is 278 g/mol.